The van der Waals surface area contributed by atoms with Crippen molar-refractivity contribution < 1.29 is 14.3 Å². The topological polar surface area (TPSA) is 95.7 Å². The smallest absolute Gasteiger partial charge is 0.222 e. The number of rotatable bonds is 4. The summed E-state index contributed by atoms with van der Waals surface area (Å²) in [5.74, 6) is 1.48. The summed E-state index contributed by atoms with van der Waals surface area (Å²) >= 11 is 6.38. The second-order valence-corrected chi connectivity index (χ2v) is 7.71. The van der Waals surface area contributed by atoms with Crippen molar-refractivity contribution in [3.05, 3.63) is 76.6 Å². The maximum Gasteiger partial charge on any atom is 0.222 e. The van der Waals surface area contributed by atoms with E-state index < -0.39 is 0 Å². The molecule has 0 atom stereocenters. The van der Waals surface area contributed by atoms with Crippen LogP contribution in [0.4, 0.5) is 5.95 Å². The number of H-pyrrole nitrogens is 1. The number of benzene rings is 3. The highest BCUT2D eigenvalue weighted by Crippen LogP contribution is 2.32. The van der Waals surface area contributed by atoms with Gasteiger partial charge in [-0.2, -0.15) is 5.10 Å². The van der Waals surface area contributed by atoms with Crippen LogP contribution in [0.3, 0.4) is 0 Å². The predicted octanol–water partition coefficient (Wildman–Crippen LogP) is 5.58. The number of aromatic nitrogens is 2. The van der Waals surface area contributed by atoms with E-state index in [0.29, 0.717) is 33.4 Å². The Labute approximate surface area is 187 Å². The summed E-state index contributed by atoms with van der Waals surface area (Å²) in [4.78, 5) is 7.69. The first-order valence-corrected chi connectivity index (χ1v) is 10.3. The molecule has 3 aromatic carbocycles. The number of anilines is 1. The van der Waals surface area contributed by atoms with Crippen LogP contribution in [-0.2, 0) is 0 Å². The van der Waals surface area contributed by atoms with Crippen LogP contribution in [-0.4, -0.2) is 22.2 Å². The average molecular weight is 447 g/mol. The van der Waals surface area contributed by atoms with Crippen LogP contribution in [0, 0.1) is 6.92 Å². The van der Waals surface area contributed by atoms with Crippen LogP contribution in [0.25, 0.3) is 33.3 Å². The number of ether oxygens (including phenoxy) is 1. The van der Waals surface area contributed by atoms with E-state index in [1.54, 1.807) is 24.3 Å². The Bertz CT molecular complexity index is 1510. The van der Waals surface area contributed by atoms with Gasteiger partial charge in [0.05, 0.1) is 23.5 Å². The fourth-order valence-corrected chi connectivity index (χ4v) is 3.64. The lowest BCUT2D eigenvalue weighted by Gasteiger charge is -2.09. The zero-order valence-corrected chi connectivity index (χ0v) is 18.1. The minimum Gasteiger partial charge on any atom is -0.504 e. The van der Waals surface area contributed by atoms with Crippen LogP contribution in [0.5, 0.6) is 11.5 Å². The molecule has 0 saturated heterocycles. The molecule has 7 nitrogen and oxygen atoms in total. The van der Waals surface area contributed by atoms with Crippen molar-refractivity contribution in [1.29, 1.82) is 0 Å². The first-order valence-electron chi connectivity index (χ1n) is 9.88. The number of aryl methyl sites for hydroxylation is 1. The third-order valence-electron chi connectivity index (χ3n) is 5.16. The van der Waals surface area contributed by atoms with Crippen molar-refractivity contribution >= 4 is 39.6 Å². The number of hydrogen-bond donors (Lipinski definition) is 3. The maximum atomic E-state index is 9.94. The summed E-state index contributed by atoms with van der Waals surface area (Å²) in [5.41, 5.74) is 6.99. The highest BCUT2D eigenvalue weighted by Gasteiger charge is 2.11. The molecule has 2 heterocycles. The molecular weight excluding hydrogens is 428 g/mol. The van der Waals surface area contributed by atoms with E-state index in [0.717, 1.165) is 27.5 Å². The van der Waals surface area contributed by atoms with E-state index in [1.807, 2.05) is 43.3 Å². The number of nitrogens with one attached hydrogen (secondary N) is 2. The van der Waals surface area contributed by atoms with E-state index in [2.05, 4.69) is 20.5 Å². The molecule has 3 N–H and O–H groups in total. The molecule has 0 amide bonds. The number of imidazole rings is 1. The lowest BCUT2D eigenvalue weighted by Crippen LogP contribution is -2.08. The monoisotopic (exact) mass is 446 g/mol. The van der Waals surface area contributed by atoms with Gasteiger partial charge in [0.15, 0.2) is 11.5 Å². The minimum absolute atomic E-state index is 0.0520. The van der Waals surface area contributed by atoms with Crippen molar-refractivity contribution in [2.24, 2.45) is 5.10 Å². The molecule has 0 saturated carbocycles. The molecule has 5 rings (SSSR count). The number of hydrogen-bond acceptors (Lipinski definition) is 6. The summed E-state index contributed by atoms with van der Waals surface area (Å²) in [5, 5.41) is 16.5. The molecule has 0 radical (unpaired) electrons. The van der Waals surface area contributed by atoms with Crippen molar-refractivity contribution in [2.75, 3.05) is 12.5 Å². The highest BCUT2D eigenvalue weighted by molar-refractivity contribution is 6.32. The van der Waals surface area contributed by atoms with Crippen molar-refractivity contribution in [3.8, 4) is 22.8 Å². The Balaban J connectivity index is 1.67. The third-order valence-corrected chi connectivity index (χ3v) is 5.57. The largest absolute Gasteiger partial charge is 0.504 e. The van der Waals surface area contributed by atoms with Crippen LogP contribution < -0.4 is 15.5 Å². The van der Waals surface area contributed by atoms with Crippen LogP contribution in [0.1, 0.15) is 5.56 Å². The number of para-hydroxylation sites is 2. The van der Waals surface area contributed by atoms with Gasteiger partial charge >= 0.3 is 0 Å². The van der Waals surface area contributed by atoms with Crippen LogP contribution in [0.15, 0.2) is 70.2 Å². The molecule has 0 fully saturated rings. The van der Waals surface area contributed by atoms with Gasteiger partial charge < -0.3 is 19.2 Å². The number of phenolic OH excluding ortho intramolecular Hbond substituents is 1. The van der Waals surface area contributed by atoms with E-state index in [1.165, 1.54) is 7.11 Å². The predicted molar refractivity (Wildman–Crippen MR) is 125 cm³/mol. The molecule has 0 aliphatic carbocycles. The quantitative estimate of drug-likeness (QED) is 0.313. The maximum absolute atomic E-state index is 9.94. The average Bonchev–Trinajstić information content (AvgIpc) is 3.21. The molecule has 0 unspecified atom stereocenters. The van der Waals surface area contributed by atoms with Gasteiger partial charge in [-0.3, -0.25) is 0 Å². The summed E-state index contributed by atoms with van der Waals surface area (Å²) in [7, 11) is 1.50. The van der Waals surface area contributed by atoms with Gasteiger partial charge in [-0.15, -0.1) is 0 Å². The normalized spacial score (nSPS) is 11.9. The lowest BCUT2D eigenvalue weighted by molar-refractivity contribution is 0.373. The zero-order valence-electron chi connectivity index (χ0n) is 17.3. The molecule has 160 valence electrons. The number of aromatic hydroxyl groups is 1. The van der Waals surface area contributed by atoms with Crippen molar-refractivity contribution in [2.45, 2.75) is 6.92 Å². The van der Waals surface area contributed by atoms with Crippen LogP contribution in [0.2, 0.25) is 5.02 Å². The van der Waals surface area contributed by atoms with Crippen LogP contribution >= 0.6 is 11.6 Å². The number of halogens is 1. The fraction of sp³-hybridized carbons (Fsp3) is 0.0833. The summed E-state index contributed by atoms with van der Waals surface area (Å²) < 4.78 is 11.4. The highest BCUT2D eigenvalue weighted by atomic mass is 35.5. The molecule has 0 aliphatic rings. The first-order chi connectivity index (χ1) is 15.5. The molecule has 8 heteroatoms. The summed E-state index contributed by atoms with van der Waals surface area (Å²) in [6.07, 6.45) is 0. The Morgan fingerprint density at radius 2 is 1.97 bits per heavy atom. The molecule has 0 bridgehead atoms. The standard InChI is InChI=1S/C24H19ClN4O3/c1-13-9-22-15(11-16(13)25)19(28-29-24-26-17-5-3-4-6-18(17)27-24)12-21(32-22)14-7-8-20(30)23(10-14)31-2/h3-12,30H,1-2H3,(H2,26,27,29)/b28-19+. The van der Waals surface area contributed by atoms with Gasteiger partial charge in [0.2, 0.25) is 5.95 Å². The summed E-state index contributed by atoms with van der Waals surface area (Å²) in [6.45, 7) is 1.91. The van der Waals surface area contributed by atoms with E-state index in [4.69, 9.17) is 20.8 Å². The van der Waals surface area contributed by atoms with E-state index in [-0.39, 0.29) is 5.75 Å². The van der Waals surface area contributed by atoms with Gasteiger partial charge in [0.1, 0.15) is 11.3 Å². The SMILES string of the molecule is COc1cc(-c2c/c(=N\Nc3nc4ccccc4[nH]3)c3cc(Cl)c(C)cc3o2)ccc1O. The first kappa shape index (κ1) is 20.0. The fourth-order valence-electron chi connectivity index (χ4n) is 3.47. The Morgan fingerprint density at radius 3 is 2.78 bits per heavy atom. The van der Waals surface area contributed by atoms with Crippen molar-refractivity contribution in [3.63, 3.8) is 0 Å². The number of methoxy groups -OCH3 is 1. The number of fused-ring (bicyclic) bond motifs is 2. The number of phenols is 1. The lowest BCUT2D eigenvalue weighted by atomic mass is 10.1. The third kappa shape index (κ3) is 3.63. The Hall–Kier alpha value is -3.97. The van der Waals surface area contributed by atoms with Gasteiger partial charge in [-0.1, -0.05) is 23.7 Å². The van der Waals surface area contributed by atoms with E-state index >= 15 is 0 Å². The van der Waals surface area contributed by atoms with E-state index in [9.17, 15) is 5.11 Å². The van der Waals surface area contributed by atoms with Crippen molar-refractivity contribution in [1.82, 2.24) is 9.97 Å². The van der Waals surface area contributed by atoms with Gasteiger partial charge in [-0.05, 0) is 55.0 Å². The molecule has 2 aromatic heterocycles. The second kappa shape index (κ2) is 7.94. The van der Waals surface area contributed by atoms with Gasteiger partial charge in [-0.25, -0.2) is 10.4 Å². The van der Waals surface area contributed by atoms with Gasteiger partial charge in [0, 0.05) is 22.0 Å². The number of nitrogens with zero attached hydrogens (tertiary/aromatic N) is 2. The molecule has 32 heavy (non-hydrogen) atoms. The zero-order chi connectivity index (χ0) is 22.2. The minimum atomic E-state index is 0.0520. The molecule has 0 aliphatic heterocycles. The molecule has 0 spiro atoms. The number of aromatic amines is 1. The second-order valence-electron chi connectivity index (χ2n) is 7.31. The Kier molecular flexibility index (Phi) is 4.95. The summed E-state index contributed by atoms with van der Waals surface area (Å²) in [6, 6.07) is 18.3. The van der Waals surface area contributed by atoms with Gasteiger partial charge in [0.25, 0.3) is 0 Å². The molecular formula is C24H19ClN4O3. The molecule has 5 aromatic rings. The Morgan fingerprint density at radius 1 is 1.12 bits per heavy atom.